The number of hydrogen-bond acceptors (Lipinski definition) is 7. The lowest BCUT2D eigenvalue weighted by Gasteiger charge is -2.20. The Hall–Kier alpha value is -3.69. The first-order valence-electron chi connectivity index (χ1n) is 11.8. The number of nitrogens with one attached hydrogen (secondary N) is 1. The largest absolute Gasteiger partial charge is 0.487 e. The Balaban J connectivity index is 1.64. The molecule has 9 nitrogen and oxygen atoms in total. The number of aromatic amines is 1. The van der Waals surface area contributed by atoms with E-state index in [4.69, 9.17) is 19.4 Å². The van der Waals surface area contributed by atoms with Crippen LogP contribution in [0.4, 0.5) is 0 Å². The summed E-state index contributed by atoms with van der Waals surface area (Å²) in [4.78, 5) is 25.1. The lowest BCUT2D eigenvalue weighted by molar-refractivity contribution is 0.178. The molecule has 1 unspecified atom stereocenters. The third kappa shape index (κ3) is 3.67. The van der Waals surface area contributed by atoms with Gasteiger partial charge < -0.3 is 14.6 Å². The van der Waals surface area contributed by atoms with Crippen LogP contribution in [0.25, 0.3) is 33.2 Å². The van der Waals surface area contributed by atoms with Gasteiger partial charge in [-0.05, 0) is 36.6 Å². The first kappa shape index (κ1) is 21.8. The summed E-state index contributed by atoms with van der Waals surface area (Å²) in [5, 5.41) is 14.6. The molecule has 2 aliphatic heterocycles. The fraction of sp³-hybridized carbons (Fsp3) is 0.346. The summed E-state index contributed by atoms with van der Waals surface area (Å²) < 4.78 is 13.8. The molecule has 0 radical (unpaired) electrons. The number of ether oxygens (including phenoxy) is 2. The Morgan fingerprint density at radius 3 is 3.03 bits per heavy atom. The second-order valence-corrected chi connectivity index (χ2v) is 9.13. The highest BCUT2D eigenvalue weighted by atomic mass is 16.5. The number of H-pyrrole nitrogens is 1. The van der Waals surface area contributed by atoms with E-state index in [0.29, 0.717) is 57.8 Å². The molecule has 0 saturated carbocycles. The summed E-state index contributed by atoms with van der Waals surface area (Å²) in [6.07, 6.45) is 2.21. The molecule has 2 N–H and O–H groups in total. The summed E-state index contributed by atoms with van der Waals surface area (Å²) >= 11 is 0. The Kier molecular flexibility index (Phi) is 5.31. The fourth-order valence-corrected chi connectivity index (χ4v) is 5.08. The van der Waals surface area contributed by atoms with Gasteiger partial charge in [-0.1, -0.05) is 18.2 Å². The topological polar surface area (TPSA) is 106 Å². The van der Waals surface area contributed by atoms with Crippen LogP contribution in [-0.4, -0.2) is 62.6 Å². The zero-order valence-corrected chi connectivity index (χ0v) is 19.5. The van der Waals surface area contributed by atoms with E-state index >= 15 is 0 Å². The van der Waals surface area contributed by atoms with Gasteiger partial charge in [0.2, 0.25) is 5.88 Å². The van der Waals surface area contributed by atoms with E-state index in [1.165, 1.54) is 0 Å². The summed E-state index contributed by atoms with van der Waals surface area (Å²) in [5.74, 6) is 0.915. The minimum Gasteiger partial charge on any atom is -0.487 e. The summed E-state index contributed by atoms with van der Waals surface area (Å²) in [7, 11) is 1.55. The number of aromatic nitrogens is 4. The minimum atomic E-state index is -0.726. The number of hydrogen-bond donors (Lipinski definition) is 2. The maximum absolute atomic E-state index is 13.1. The predicted octanol–water partition coefficient (Wildman–Crippen LogP) is 3.02. The number of methoxy groups -OCH3 is 1. The van der Waals surface area contributed by atoms with Crippen LogP contribution in [0.1, 0.15) is 24.5 Å². The van der Waals surface area contributed by atoms with Crippen molar-refractivity contribution < 1.29 is 14.6 Å². The second-order valence-electron chi connectivity index (χ2n) is 9.13. The van der Waals surface area contributed by atoms with Crippen LogP contribution in [-0.2, 0) is 6.54 Å². The van der Waals surface area contributed by atoms with Crippen molar-refractivity contribution in [3.8, 4) is 22.9 Å². The standard InChI is InChI=1S/C26H27N5O4/c1-3-5-20(32)15-12-19-24-21(13-15)35-16-8-9-30(14-16)10-11-31-26(33)18-7-4-6-17(22(18)29-31)23(28-24)25(27-19)34-2/h3-4,6-7,12-13,16,20,29,32H,1,5,8-11,14H2,2H3/t16-,20+/m0/s1. The number of fused-ring (bicyclic) bond motifs is 5. The number of nitrogens with zero attached hydrogens (tertiary/aromatic N) is 4. The zero-order valence-electron chi connectivity index (χ0n) is 19.5. The molecule has 1 fully saturated rings. The van der Waals surface area contributed by atoms with Crippen molar-refractivity contribution in [2.75, 3.05) is 26.7 Å². The van der Waals surface area contributed by atoms with E-state index in [0.717, 1.165) is 31.6 Å². The lowest BCUT2D eigenvalue weighted by atomic mass is 10.0. The van der Waals surface area contributed by atoms with Gasteiger partial charge in [-0.3, -0.25) is 19.5 Å². The van der Waals surface area contributed by atoms with E-state index in [1.807, 2.05) is 30.3 Å². The SMILES string of the molecule is C=CC[C@@H](O)c1cc2c3nc(c(OC)nc3c1)-c1cccc3c(=O)n([nH]c13)CCN1CC[C@@H](C1)O2. The molecule has 2 aromatic carbocycles. The molecule has 2 aromatic heterocycles. The molecule has 4 aromatic rings. The average molecular weight is 474 g/mol. The van der Waals surface area contributed by atoms with Crippen LogP contribution in [0.15, 0.2) is 47.8 Å². The highest BCUT2D eigenvalue weighted by Crippen LogP contribution is 2.37. The van der Waals surface area contributed by atoms with Crippen molar-refractivity contribution >= 4 is 21.9 Å². The molecule has 9 heteroatoms. The van der Waals surface area contributed by atoms with Crippen molar-refractivity contribution in [1.29, 1.82) is 0 Å². The molecular weight excluding hydrogens is 446 g/mol. The highest BCUT2D eigenvalue weighted by molar-refractivity contribution is 5.95. The molecule has 3 atom stereocenters. The normalized spacial score (nSPS) is 20.2. The molecule has 0 amide bonds. The summed E-state index contributed by atoms with van der Waals surface area (Å²) in [6, 6.07) is 9.25. The Bertz CT molecular complexity index is 1510. The van der Waals surface area contributed by atoms with Gasteiger partial charge >= 0.3 is 0 Å². The lowest BCUT2D eigenvalue weighted by Crippen LogP contribution is -2.30. The molecule has 6 rings (SSSR count). The van der Waals surface area contributed by atoms with Crippen molar-refractivity contribution in [2.45, 2.75) is 31.6 Å². The van der Waals surface area contributed by atoms with E-state index in [1.54, 1.807) is 17.9 Å². The molecule has 1 saturated heterocycles. The van der Waals surface area contributed by atoms with Crippen LogP contribution in [0.2, 0.25) is 0 Å². The molecule has 6 bridgehead atoms. The van der Waals surface area contributed by atoms with Crippen LogP contribution in [0.5, 0.6) is 11.6 Å². The van der Waals surface area contributed by atoms with Gasteiger partial charge in [0.1, 0.15) is 23.1 Å². The third-order valence-corrected chi connectivity index (χ3v) is 6.90. The van der Waals surface area contributed by atoms with Gasteiger partial charge in [0.05, 0.1) is 36.2 Å². The summed E-state index contributed by atoms with van der Waals surface area (Å²) in [5.41, 5.74) is 3.74. The molecule has 0 spiro atoms. The highest BCUT2D eigenvalue weighted by Gasteiger charge is 2.27. The van der Waals surface area contributed by atoms with Crippen molar-refractivity contribution in [2.24, 2.45) is 0 Å². The van der Waals surface area contributed by atoms with Gasteiger partial charge in [-0.2, -0.15) is 0 Å². The molecule has 0 aliphatic carbocycles. The molecule has 35 heavy (non-hydrogen) atoms. The molecular formula is C26H27N5O4. The van der Waals surface area contributed by atoms with Crippen molar-refractivity contribution in [3.63, 3.8) is 0 Å². The maximum atomic E-state index is 13.1. The van der Waals surface area contributed by atoms with Gasteiger partial charge in [0.25, 0.3) is 5.56 Å². The quantitative estimate of drug-likeness (QED) is 0.439. The monoisotopic (exact) mass is 473 g/mol. The molecule has 180 valence electrons. The second kappa shape index (κ2) is 8.51. The molecule has 2 aliphatic rings. The Morgan fingerprint density at radius 2 is 2.20 bits per heavy atom. The van der Waals surface area contributed by atoms with Crippen molar-refractivity contribution in [1.82, 2.24) is 24.6 Å². The van der Waals surface area contributed by atoms with E-state index in [-0.39, 0.29) is 11.7 Å². The van der Waals surface area contributed by atoms with Crippen LogP contribution < -0.4 is 15.0 Å². The van der Waals surface area contributed by atoms with Gasteiger partial charge in [-0.15, -0.1) is 6.58 Å². The predicted molar refractivity (Wildman–Crippen MR) is 133 cm³/mol. The minimum absolute atomic E-state index is 0.0286. The summed E-state index contributed by atoms with van der Waals surface area (Å²) in [6.45, 7) is 6.66. The zero-order chi connectivity index (χ0) is 24.1. The number of rotatable bonds is 4. The average Bonchev–Trinajstić information content (AvgIpc) is 3.45. The number of benzene rings is 2. The van der Waals surface area contributed by atoms with Crippen LogP contribution in [0, 0.1) is 0 Å². The third-order valence-electron chi connectivity index (χ3n) is 6.90. The van der Waals surface area contributed by atoms with Gasteiger partial charge in [0.15, 0.2) is 0 Å². The first-order valence-corrected chi connectivity index (χ1v) is 11.8. The maximum Gasteiger partial charge on any atom is 0.274 e. The van der Waals surface area contributed by atoms with Crippen molar-refractivity contribution in [3.05, 3.63) is 58.9 Å². The number of aliphatic hydroxyl groups excluding tert-OH is 1. The smallest absolute Gasteiger partial charge is 0.274 e. The number of aliphatic hydroxyl groups is 1. The van der Waals surface area contributed by atoms with E-state index in [2.05, 4.69) is 16.6 Å². The first-order chi connectivity index (χ1) is 17.1. The number of para-hydroxylation sites is 1. The van der Waals surface area contributed by atoms with Gasteiger partial charge in [0, 0.05) is 25.2 Å². The Morgan fingerprint density at radius 1 is 1.31 bits per heavy atom. The van der Waals surface area contributed by atoms with E-state index < -0.39 is 6.10 Å². The van der Waals surface area contributed by atoms with Crippen LogP contribution in [0.3, 0.4) is 0 Å². The van der Waals surface area contributed by atoms with E-state index in [9.17, 15) is 9.90 Å². The Labute approximate surface area is 201 Å². The van der Waals surface area contributed by atoms with Crippen LogP contribution >= 0.6 is 0 Å². The fourth-order valence-electron chi connectivity index (χ4n) is 5.08. The van der Waals surface area contributed by atoms with Gasteiger partial charge in [-0.25, -0.2) is 9.97 Å². The molecule has 4 heterocycles.